The van der Waals surface area contributed by atoms with E-state index in [4.69, 9.17) is 10.5 Å². The zero-order chi connectivity index (χ0) is 15.7. The van der Waals surface area contributed by atoms with Crippen LogP contribution in [0.5, 0.6) is 5.75 Å². The van der Waals surface area contributed by atoms with Gasteiger partial charge in [0.15, 0.2) is 0 Å². The summed E-state index contributed by atoms with van der Waals surface area (Å²) in [5, 5.41) is 0. The molecule has 1 fully saturated rings. The molecule has 0 spiro atoms. The quantitative estimate of drug-likeness (QED) is 0.916. The van der Waals surface area contributed by atoms with Crippen molar-refractivity contribution in [1.29, 1.82) is 0 Å². The molecule has 0 saturated carbocycles. The highest BCUT2D eigenvalue weighted by Crippen LogP contribution is 2.33. The fraction of sp³-hybridized carbons (Fsp3) is 0.625. The average Bonchev–Trinajstić information content (AvgIpc) is 2.96. The first-order valence-corrected chi connectivity index (χ1v) is 9.45. The number of fused-ring (bicyclic) bond motifs is 1. The Morgan fingerprint density at radius 1 is 1.41 bits per heavy atom. The summed E-state index contributed by atoms with van der Waals surface area (Å²) < 4.78 is 33.3. The summed E-state index contributed by atoms with van der Waals surface area (Å²) in [6, 6.07) is 5.23. The molecule has 0 amide bonds. The summed E-state index contributed by atoms with van der Waals surface area (Å²) in [7, 11) is -3.47. The second kappa shape index (κ2) is 6.18. The van der Waals surface area contributed by atoms with E-state index in [0.717, 1.165) is 30.6 Å². The van der Waals surface area contributed by atoms with Gasteiger partial charge in [-0.25, -0.2) is 8.42 Å². The van der Waals surface area contributed by atoms with E-state index in [-0.39, 0.29) is 6.04 Å². The third kappa shape index (κ3) is 2.75. The van der Waals surface area contributed by atoms with E-state index in [1.165, 1.54) is 0 Å². The second-order valence-corrected chi connectivity index (χ2v) is 8.14. The molecule has 0 bridgehead atoms. The van der Waals surface area contributed by atoms with Crippen LogP contribution in [0.3, 0.4) is 0 Å². The number of benzene rings is 1. The van der Waals surface area contributed by atoms with E-state index in [2.05, 4.69) is 6.92 Å². The molecule has 22 heavy (non-hydrogen) atoms. The number of piperidine rings is 1. The number of rotatable bonds is 4. The maximum atomic E-state index is 13.1. The molecule has 2 unspecified atom stereocenters. The minimum Gasteiger partial charge on any atom is -0.493 e. The molecule has 1 aromatic rings. The van der Waals surface area contributed by atoms with Crippen molar-refractivity contribution < 1.29 is 13.2 Å². The van der Waals surface area contributed by atoms with Crippen molar-refractivity contribution in [1.82, 2.24) is 4.31 Å². The Hall–Kier alpha value is -1.11. The largest absolute Gasteiger partial charge is 0.493 e. The van der Waals surface area contributed by atoms with E-state index in [0.29, 0.717) is 36.9 Å². The van der Waals surface area contributed by atoms with Gasteiger partial charge in [0.1, 0.15) is 5.75 Å². The van der Waals surface area contributed by atoms with Crippen molar-refractivity contribution in [2.45, 2.75) is 43.5 Å². The van der Waals surface area contributed by atoms with Gasteiger partial charge in [-0.1, -0.05) is 6.92 Å². The molecule has 3 rings (SSSR count). The second-order valence-electron chi connectivity index (χ2n) is 6.25. The normalized spacial score (nSPS) is 25.7. The van der Waals surface area contributed by atoms with Crippen LogP contribution in [0.4, 0.5) is 0 Å². The topological polar surface area (TPSA) is 72.6 Å². The van der Waals surface area contributed by atoms with Crippen LogP contribution >= 0.6 is 0 Å². The number of sulfonamides is 1. The lowest BCUT2D eigenvalue weighted by Crippen LogP contribution is -2.48. The van der Waals surface area contributed by atoms with Crippen molar-refractivity contribution in [3.05, 3.63) is 23.8 Å². The first kappa shape index (κ1) is 15.8. The first-order valence-electron chi connectivity index (χ1n) is 8.01. The van der Waals surface area contributed by atoms with Gasteiger partial charge in [-0.05, 0) is 55.5 Å². The molecule has 0 radical (unpaired) electrons. The SMILES string of the molecule is CC1CCCN(S(=O)(=O)c2ccc3c(c2)CCO3)C1CCN. The molecule has 5 nitrogen and oxygen atoms in total. The summed E-state index contributed by atoms with van der Waals surface area (Å²) in [4.78, 5) is 0.382. The standard InChI is InChI=1S/C16H24N2O3S/c1-12-3-2-9-18(15(12)6-8-17)22(19,20)14-4-5-16-13(11-14)7-10-21-16/h4-5,11-12,15H,2-3,6-10,17H2,1H3. The number of ether oxygens (including phenoxy) is 1. The lowest BCUT2D eigenvalue weighted by atomic mass is 9.91. The van der Waals surface area contributed by atoms with E-state index in [9.17, 15) is 8.42 Å². The van der Waals surface area contributed by atoms with Gasteiger partial charge in [-0.2, -0.15) is 4.31 Å². The Balaban J connectivity index is 1.93. The molecule has 2 heterocycles. The highest BCUT2D eigenvalue weighted by atomic mass is 32.2. The van der Waals surface area contributed by atoms with Gasteiger partial charge < -0.3 is 10.5 Å². The van der Waals surface area contributed by atoms with Crippen LogP contribution in [0.2, 0.25) is 0 Å². The smallest absolute Gasteiger partial charge is 0.243 e. The molecule has 1 saturated heterocycles. The Kier molecular flexibility index (Phi) is 4.43. The summed E-state index contributed by atoms with van der Waals surface area (Å²) in [6.07, 6.45) is 3.47. The highest BCUT2D eigenvalue weighted by molar-refractivity contribution is 7.89. The number of hydrogen-bond donors (Lipinski definition) is 1. The first-order chi connectivity index (χ1) is 10.5. The molecule has 0 aromatic heterocycles. The van der Waals surface area contributed by atoms with Gasteiger partial charge in [0.05, 0.1) is 11.5 Å². The maximum Gasteiger partial charge on any atom is 0.243 e. The predicted molar refractivity (Wildman–Crippen MR) is 85.4 cm³/mol. The average molecular weight is 324 g/mol. The molecular formula is C16H24N2O3S. The van der Waals surface area contributed by atoms with Gasteiger partial charge in [0, 0.05) is 19.0 Å². The Labute approximate surface area is 132 Å². The van der Waals surface area contributed by atoms with E-state index in [1.54, 1.807) is 22.5 Å². The molecule has 2 aliphatic heterocycles. The van der Waals surface area contributed by atoms with Crippen molar-refractivity contribution in [3.8, 4) is 5.75 Å². The highest BCUT2D eigenvalue weighted by Gasteiger charge is 2.37. The minimum absolute atomic E-state index is 0.00764. The Morgan fingerprint density at radius 2 is 2.23 bits per heavy atom. The van der Waals surface area contributed by atoms with Crippen molar-refractivity contribution >= 4 is 10.0 Å². The molecule has 0 aliphatic carbocycles. The Bertz CT molecular complexity index is 645. The molecular weight excluding hydrogens is 300 g/mol. The van der Waals surface area contributed by atoms with Crippen molar-refractivity contribution in [2.75, 3.05) is 19.7 Å². The third-order valence-corrected chi connectivity index (χ3v) is 6.72. The molecule has 1 aromatic carbocycles. The van der Waals surface area contributed by atoms with Crippen LogP contribution in [0, 0.1) is 5.92 Å². The monoisotopic (exact) mass is 324 g/mol. The van der Waals surface area contributed by atoms with Crippen LogP contribution in [0.25, 0.3) is 0 Å². The zero-order valence-corrected chi connectivity index (χ0v) is 13.8. The predicted octanol–water partition coefficient (Wildman–Crippen LogP) is 1.76. The number of hydrogen-bond acceptors (Lipinski definition) is 4. The van der Waals surface area contributed by atoms with Crippen molar-refractivity contribution in [3.63, 3.8) is 0 Å². The molecule has 2 atom stereocenters. The Morgan fingerprint density at radius 3 is 3.00 bits per heavy atom. The molecule has 2 N–H and O–H groups in total. The summed E-state index contributed by atoms with van der Waals surface area (Å²) in [5.41, 5.74) is 6.69. The fourth-order valence-corrected chi connectivity index (χ4v) is 5.41. The van der Waals surface area contributed by atoms with E-state index >= 15 is 0 Å². The van der Waals surface area contributed by atoms with Crippen LogP contribution in [-0.4, -0.2) is 38.5 Å². The number of nitrogens with zero attached hydrogens (tertiary/aromatic N) is 1. The number of nitrogens with two attached hydrogens (primary N) is 1. The molecule has 122 valence electrons. The zero-order valence-electron chi connectivity index (χ0n) is 13.0. The van der Waals surface area contributed by atoms with E-state index in [1.807, 2.05) is 0 Å². The van der Waals surface area contributed by atoms with Gasteiger partial charge >= 0.3 is 0 Å². The van der Waals surface area contributed by atoms with Gasteiger partial charge in [0.2, 0.25) is 10.0 Å². The van der Waals surface area contributed by atoms with Crippen molar-refractivity contribution in [2.24, 2.45) is 11.7 Å². The minimum atomic E-state index is -3.47. The molecule has 6 heteroatoms. The van der Waals surface area contributed by atoms with E-state index < -0.39 is 10.0 Å². The summed E-state index contributed by atoms with van der Waals surface area (Å²) in [5.74, 6) is 1.16. The van der Waals surface area contributed by atoms with Crippen LogP contribution in [0.15, 0.2) is 23.1 Å². The third-order valence-electron chi connectivity index (χ3n) is 4.79. The lowest BCUT2D eigenvalue weighted by Gasteiger charge is -2.39. The van der Waals surface area contributed by atoms with Crippen LogP contribution < -0.4 is 10.5 Å². The molecule has 2 aliphatic rings. The van der Waals surface area contributed by atoms with Crippen LogP contribution in [0.1, 0.15) is 31.7 Å². The van der Waals surface area contributed by atoms with Gasteiger partial charge in [-0.15, -0.1) is 0 Å². The lowest BCUT2D eigenvalue weighted by molar-refractivity contribution is 0.179. The maximum absolute atomic E-state index is 13.1. The van der Waals surface area contributed by atoms with Gasteiger partial charge in [0.25, 0.3) is 0 Å². The van der Waals surface area contributed by atoms with Gasteiger partial charge in [-0.3, -0.25) is 0 Å². The summed E-state index contributed by atoms with van der Waals surface area (Å²) >= 11 is 0. The summed E-state index contributed by atoms with van der Waals surface area (Å²) in [6.45, 7) is 3.86. The fourth-order valence-electron chi connectivity index (χ4n) is 3.57. The van der Waals surface area contributed by atoms with Crippen LogP contribution in [-0.2, 0) is 16.4 Å².